The van der Waals surface area contributed by atoms with Gasteiger partial charge in [0.15, 0.2) is 24.1 Å². The average Bonchev–Trinajstić information content (AvgIpc) is 3.50. The molecule has 1 spiro atoms. The minimum Gasteiger partial charge on any atom is -0.465 e. The summed E-state index contributed by atoms with van der Waals surface area (Å²) in [4.78, 5) is 61.7. The van der Waals surface area contributed by atoms with Crippen molar-refractivity contribution in [3.63, 3.8) is 0 Å². The molecule has 11 nitrogen and oxygen atoms in total. The van der Waals surface area contributed by atoms with Crippen LogP contribution in [0, 0.1) is 10.8 Å². The number of carbonyl (C=O) groups is 5. The van der Waals surface area contributed by atoms with E-state index in [0.717, 1.165) is 6.92 Å². The largest absolute Gasteiger partial charge is 0.465 e. The van der Waals surface area contributed by atoms with Crippen LogP contribution in [0.1, 0.15) is 41.5 Å². The van der Waals surface area contributed by atoms with Crippen LogP contribution in [0.4, 0.5) is 0 Å². The standard InChI is InChI=1S/C23H28O11/c1-10-7-15-22(8-29-11(2)24,18(16(10)28)32-13(4)26)21(6)19(33-14(5)27)17(31-12(3)25)20(34-15)23(21)9-30-23/h7,15,17-20H,8-9H2,1-6H3. The number of carbonyl (C=O) groups excluding carboxylic acids is 5. The fraction of sp³-hybridized carbons (Fsp3) is 0.696. The Balaban J connectivity index is 2.00. The van der Waals surface area contributed by atoms with Crippen molar-refractivity contribution < 1.29 is 52.4 Å². The average molecular weight is 480 g/mol. The Bertz CT molecular complexity index is 995. The lowest BCUT2D eigenvalue weighted by molar-refractivity contribution is -0.261. The van der Waals surface area contributed by atoms with E-state index < -0.39 is 83.2 Å². The molecule has 8 unspecified atom stereocenters. The van der Waals surface area contributed by atoms with Gasteiger partial charge in [0.1, 0.15) is 18.3 Å². The lowest BCUT2D eigenvalue weighted by Gasteiger charge is -2.59. The molecule has 2 aliphatic carbocycles. The molecule has 0 aromatic carbocycles. The highest BCUT2D eigenvalue weighted by Crippen LogP contribution is 2.72. The third-order valence-electron chi connectivity index (χ3n) is 7.62. The van der Waals surface area contributed by atoms with Crippen LogP contribution in [0.2, 0.25) is 0 Å². The third kappa shape index (κ3) is 3.13. The van der Waals surface area contributed by atoms with E-state index in [9.17, 15) is 24.0 Å². The molecular formula is C23H28O11. The van der Waals surface area contributed by atoms with Gasteiger partial charge in [-0.15, -0.1) is 0 Å². The molecule has 4 aliphatic rings. The number of fused-ring (bicyclic) bond motifs is 2. The molecule has 2 aliphatic heterocycles. The number of ether oxygens (including phenoxy) is 6. The summed E-state index contributed by atoms with van der Waals surface area (Å²) in [7, 11) is 0. The second kappa shape index (κ2) is 7.88. The minimum atomic E-state index is -1.55. The molecule has 0 aromatic heterocycles. The predicted molar refractivity (Wildman–Crippen MR) is 110 cm³/mol. The van der Waals surface area contributed by atoms with Gasteiger partial charge >= 0.3 is 23.9 Å². The Morgan fingerprint density at radius 3 is 2.09 bits per heavy atom. The maximum Gasteiger partial charge on any atom is 0.303 e. The van der Waals surface area contributed by atoms with Crippen molar-refractivity contribution in [2.24, 2.45) is 10.8 Å². The second-order valence-corrected chi connectivity index (χ2v) is 9.49. The number of epoxide rings is 1. The third-order valence-corrected chi connectivity index (χ3v) is 7.62. The van der Waals surface area contributed by atoms with Gasteiger partial charge in [0.2, 0.25) is 0 Å². The number of rotatable bonds is 5. The first-order valence-corrected chi connectivity index (χ1v) is 11.0. The molecule has 8 atom stereocenters. The van der Waals surface area contributed by atoms with E-state index in [0.29, 0.717) is 5.57 Å². The van der Waals surface area contributed by atoms with Crippen molar-refractivity contribution in [2.45, 2.75) is 77.7 Å². The normalized spacial score (nSPS) is 41.8. The molecule has 0 radical (unpaired) electrons. The molecule has 0 amide bonds. The van der Waals surface area contributed by atoms with E-state index in [2.05, 4.69) is 0 Å². The molecule has 11 heteroatoms. The fourth-order valence-corrected chi connectivity index (χ4v) is 6.14. The summed E-state index contributed by atoms with van der Waals surface area (Å²) in [5.41, 5.74) is -3.75. The van der Waals surface area contributed by atoms with Gasteiger partial charge in [0, 0.05) is 27.7 Å². The van der Waals surface area contributed by atoms with Crippen molar-refractivity contribution in [2.75, 3.05) is 13.2 Å². The summed E-state index contributed by atoms with van der Waals surface area (Å²) < 4.78 is 34.7. The summed E-state index contributed by atoms with van der Waals surface area (Å²) in [6.45, 7) is 7.79. The Kier molecular flexibility index (Phi) is 5.64. The number of Topliss-reactive ketones (excluding diaryl/α,β-unsaturated/α-hetero) is 1. The van der Waals surface area contributed by atoms with Gasteiger partial charge in [0.25, 0.3) is 0 Å². The zero-order valence-electron chi connectivity index (χ0n) is 19.9. The van der Waals surface area contributed by atoms with Gasteiger partial charge in [0.05, 0.1) is 23.5 Å². The van der Waals surface area contributed by atoms with Crippen LogP contribution in [-0.2, 0) is 52.4 Å². The summed E-state index contributed by atoms with van der Waals surface area (Å²) >= 11 is 0. The topological polar surface area (TPSA) is 144 Å². The molecule has 3 fully saturated rings. The lowest BCUT2D eigenvalue weighted by atomic mass is 9.50. The van der Waals surface area contributed by atoms with Gasteiger partial charge in [-0.2, -0.15) is 0 Å². The highest BCUT2D eigenvalue weighted by molar-refractivity contribution is 6.01. The van der Waals surface area contributed by atoms with Gasteiger partial charge in [-0.05, 0) is 18.6 Å². The molecule has 2 bridgehead atoms. The molecule has 1 saturated carbocycles. The summed E-state index contributed by atoms with van der Waals surface area (Å²) in [6.07, 6.45) is -3.86. The summed E-state index contributed by atoms with van der Waals surface area (Å²) in [6, 6.07) is 0. The van der Waals surface area contributed by atoms with Crippen LogP contribution in [0.25, 0.3) is 0 Å². The van der Waals surface area contributed by atoms with Crippen molar-refractivity contribution in [3.05, 3.63) is 11.6 Å². The number of hydrogen-bond donors (Lipinski definition) is 0. The number of hydrogen-bond acceptors (Lipinski definition) is 11. The van der Waals surface area contributed by atoms with E-state index in [1.807, 2.05) is 0 Å². The first-order valence-electron chi connectivity index (χ1n) is 11.0. The van der Waals surface area contributed by atoms with E-state index in [1.54, 1.807) is 19.9 Å². The Morgan fingerprint density at radius 2 is 1.59 bits per heavy atom. The highest BCUT2D eigenvalue weighted by atomic mass is 16.7. The van der Waals surface area contributed by atoms with E-state index in [1.165, 1.54) is 20.8 Å². The zero-order valence-corrected chi connectivity index (χ0v) is 19.9. The van der Waals surface area contributed by atoms with Gasteiger partial charge in [-0.3, -0.25) is 24.0 Å². The summed E-state index contributed by atoms with van der Waals surface area (Å²) in [5, 5.41) is 0. The van der Waals surface area contributed by atoms with E-state index in [4.69, 9.17) is 28.4 Å². The SMILES string of the molecule is CC(=O)OCC12C(C=C(C)C(=O)C1OC(C)=O)OC1C(OC(C)=O)C(OC(C)=O)C2(C)C12CO2. The van der Waals surface area contributed by atoms with Crippen molar-refractivity contribution >= 4 is 29.7 Å². The van der Waals surface area contributed by atoms with Gasteiger partial charge in [-0.25, -0.2) is 0 Å². The zero-order chi connectivity index (χ0) is 25.2. The van der Waals surface area contributed by atoms with Crippen molar-refractivity contribution in [1.29, 1.82) is 0 Å². The molecular weight excluding hydrogens is 452 g/mol. The van der Waals surface area contributed by atoms with Crippen LogP contribution < -0.4 is 0 Å². The molecule has 0 N–H and O–H groups in total. The van der Waals surface area contributed by atoms with Crippen LogP contribution in [0.15, 0.2) is 11.6 Å². The number of ketones is 1. The lowest BCUT2D eigenvalue weighted by Crippen LogP contribution is -2.73. The Labute approximate surface area is 196 Å². The Morgan fingerprint density at radius 1 is 1.00 bits per heavy atom. The van der Waals surface area contributed by atoms with Gasteiger partial charge < -0.3 is 28.4 Å². The molecule has 2 saturated heterocycles. The van der Waals surface area contributed by atoms with Crippen molar-refractivity contribution in [1.82, 2.24) is 0 Å². The first-order chi connectivity index (χ1) is 15.8. The Hall–Kier alpha value is -2.79. The number of esters is 4. The second-order valence-electron chi connectivity index (χ2n) is 9.49. The smallest absolute Gasteiger partial charge is 0.303 e. The molecule has 186 valence electrons. The van der Waals surface area contributed by atoms with Gasteiger partial charge in [-0.1, -0.05) is 6.92 Å². The van der Waals surface area contributed by atoms with E-state index in [-0.39, 0.29) is 6.61 Å². The monoisotopic (exact) mass is 480 g/mol. The van der Waals surface area contributed by atoms with Crippen LogP contribution in [0.5, 0.6) is 0 Å². The molecule has 0 aromatic rings. The molecule has 2 heterocycles. The fourth-order valence-electron chi connectivity index (χ4n) is 6.14. The highest BCUT2D eigenvalue weighted by Gasteiger charge is 2.89. The first kappa shape index (κ1) is 24.3. The predicted octanol–water partition coefficient (Wildman–Crippen LogP) is 0.416. The van der Waals surface area contributed by atoms with Crippen LogP contribution in [-0.4, -0.2) is 79.0 Å². The molecule has 34 heavy (non-hydrogen) atoms. The van der Waals surface area contributed by atoms with Crippen molar-refractivity contribution in [3.8, 4) is 0 Å². The summed E-state index contributed by atoms with van der Waals surface area (Å²) in [5.74, 6) is -3.17. The minimum absolute atomic E-state index is 0.141. The van der Waals surface area contributed by atoms with Crippen LogP contribution in [0.3, 0.4) is 0 Å². The molecule has 4 rings (SSSR count). The maximum absolute atomic E-state index is 13.4. The van der Waals surface area contributed by atoms with E-state index >= 15 is 0 Å². The maximum atomic E-state index is 13.4. The van der Waals surface area contributed by atoms with Crippen LogP contribution >= 0.6 is 0 Å². The quantitative estimate of drug-likeness (QED) is 0.307.